The maximum atomic E-state index is 12.5. The maximum Gasteiger partial charge on any atom is 0.260 e. The summed E-state index contributed by atoms with van der Waals surface area (Å²) in [6.45, 7) is 2.96. The summed E-state index contributed by atoms with van der Waals surface area (Å²) in [6, 6.07) is 0.320. The predicted molar refractivity (Wildman–Crippen MR) is 103 cm³/mol. The van der Waals surface area contributed by atoms with E-state index in [4.69, 9.17) is 0 Å². The Morgan fingerprint density at radius 2 is 2.16 bits per heavy atom. The first-order valence-corrected chi connectivity index (χ1v) is 10.9. The van der Waals surface area contributed by atoms with Crippen LogP contribution in [0.1, 0.15) is 49.5 Å². The molecule has 2 aromatic rings. The van der Waals surface area contributed by atoms with Crippen LogP contribution >= 0.6 is 23.1 Å². The number of carbonyl (C=O) groups excluding carboxylic acids is 1. The molecule has 4 rings (SSSR count). The smallest absolute Gasteiger partial charge is 0.260 e. The molecule has 1 aliphatic carbocycles. The highest BCUT2D eigenvalue weighted by Crippen LogP contribution is 2.34. The first-order chi connectivity index (χ1) is 12.1. The highest BCUT2D eigenvalue weighted by atomic mass is 32.2. The van der Waals surface area contributed by atoms with Crippen molar-refractivity contribution in [1.82, 2.24) is 14.9 Å². The molecule has 0 saturated carbocycles. The minimum absolute atomic E-state index is 0.0503. The van der Waals surface area contributed by atoms with E-state index in [1.165, 1.54) is 35.0 Å². The van der Waals surface area contributed by atoms with Crippen LogP contribution in [0.5, 0.6) is 0 Å². The van der Waals surface area contributed by atoms with E-state index >= 15 is 0 Å². The number of aromatic amines is 1. The summed E-state index contributed by atoms with van der Waals surface area (Å²) >= 11 is 3.00. The third-order valence-electron chi connectivity index (χ3n) is 5.26. The summed E-state index contributed by atoms with van der Waals surface area (Å²) in [4.78, 5) is 36.7. The van der Waals surface area contributed by atoms with Crippen LogP contribution in [0.4, 0.5) is 0 Å². The number of aromatic nitrogens is 2. The molecule has 2 aromatic heterocycles. The molecule has 1 aliphatic heterocycles. The monoisotopic (exact) mass is 377 g/mol. The Morgan fingerprint density at radius 3 is 3.00 bits per heavy atom. The Balaban J connectivity index is 1.52. The SMILES string of the molecule is C[C@H]1CCCCN1C(=O)CSc1nc2sc3c(c2c(=O)[nH]1)CCCC3. The van der Waals surface area contributed by atoms with Crippen molar-refractivity contribution in [1.29, 1.82) is 0 Å². The van der Waals surface area contributed by atoms with E-state index in [1.54, 1.807) is 11.3 Å². The van der Waals surface area contributed by atoms with Gasteiger partial charge in [0.2, 0.25) is 5.91 Å². The van der Waals surface area contributed by atoms with Crippen molar-refractivity contribution in [3.63, 3.8) is 0 Å². The van der Waals surface area contributed by atoms with Gasteiger partial charge in [-0.15, -0.1) is 11.3 Å². The van der Waals surface area contributed by atoms with Gasteiger partial charge in [-0.1, -0.05) is 11.8 Å². The van der Waals surface area contributed by atoms with Crippen LogP contribution in [-0.4, -0.2) is 39.1 Å². The van der Waals surface area contributed by atoms with Crippen LogP contribution in [0, 0.1) is 0 Å². The minimum Gasteiger partial charge on any atom is -0.339 e. The van der Waals surface area contributed by atoms with Crippen LogP contribution in [0.3, 0.4) is 0 Å². The topological polar surface area (TPSA) is 66.1 Å². The number of piperidine rings is 1. The number of nitrogens with zero attached hydrogens (tertiary/aromatic N) is 2. The fourth-order valence-corrected chi connectivity index (χ4v) is 5.96. The molecular weight excluding hydrogens is 354 g/mol. The van der Waals surface area contributed by atoms with Crippen molar-refractivity contribution >= 4 is 39.2 Å². The number of rotatable bonds is 3. The van der Waals surface area contributed by atoms with E-state index in [-0.39, 0.29) is 11.5 Å². The second kappa shape index (κ2) is 7.11. The molecule has 5 nitrogen and oxygen atoms in total. The molecule has 0 aromatic carbocycles. The van der Waals surface area contributed by atoms with Gasteiger partial charge in [-0.25, -0.2) is 4.98 Å². The number of aryl methyl sites for hydroxylation is 2. The number of hydrogen-bond donors (Lipinski definition) is 1. The second-order valence-electron chi connectivity index (χ2n) is 6.98. The molecule has 1 fully saturated rings. The maximum absolute atomic E-state index is 12.5. The van der Waals surface area contributed by atoms with Crippen LogP contribution < -0.4 is 5.56 Å². The van der Waals surface area contributed by atoms with Crippen LogP contribution in [0.2, 0.25) is 0 Å². The molecule has 1 saturated heterocycles. The molecule has 25 heavy (non-hydrogen) atoms. The predicted octanol–water partition coefficient (Wildman–Crippen LogP) is 3.36. The molecule has 7 heteroatoms. The first kappa shape index (κ1) is 17.1. The Labute approximate surface area is 155 Å². The van der Waals surface area contributed by atoms with Gasteiger partial charge in [0.25, 0.3) is 5.56 Å². The molecule has 2 aliphatic rings. The fourth-order valence-electron chi connectivity index (χ4n) is 3.89. The number of carbonyl (C=O) groups is 1. The first-order valence-electron chi connectivity index (χ1n) is 9.10. The van der Waals surface area contributed by atoms with E-state index in [9.17, 15) is 9.59 Å². The summed E-state index contributed by atoms with van der Waals surface area (Å²) in [7, 11) is 0. The fraction of sp³-hybridized carbons (Fsp3) is 0.611. The number of nitrogens with one attached hydrogen (secondary N) is 1. The number of likely N-dealkylation sites (tertiary alicyclic amines) is 1. The lowest BCUT2D eigenvalue weighted by atomic mass is 9.97. The van der Waals surface area contributed by atoms with Gasteiger partial charge in [0.1, 0.15) is 4.83 Å². The summed E-state index contributed by atoms with van der Waals surface area (Å²) in [5.41, 5.74) is 1.15. The molecule has 3 heterocycles. The van der Waals surface area contributed by atoms with Gasteiger partial charge in [0, 0.05) is 17.5 Å². The standard InChI is InChI=1S/C18H23N3O2S2/c1-11-6-4-5-9-21(11)14(22)10-24-18-19-16(23)15-12-7-2-3-8-13(12)25-17(15)20-18/h11H,2-10H2,1H3,(H,19,20,23)/t11-/m0/s1. The average Bonchev–Trinajstić information content (AvgIpc) is 2.99. The Hall–Kier alpha value is -1.34. The van der Waals surface area contributed by atoms with Crippen molar-refractivity contribution < 1.29 is 4.79 Å². The molecule has 0 unspecified atom stereocenters. The largest absolute Gasteiger partial charge is 0.339 e. The Kier molecular flexibility index (Phi) is 4.86. The van der Waals surface area contributed by atoms with Crippen molar-refractivity contribution in [2.24, 2.45) is 0 Å². The van der Waals surface area contributed by atoms with Crippen molar-refractivity contribution in [3.05, 3.63) is 20.8 Å². The normalized spacial score (nSPS) is 20.7. The van der Waals surface area contributed by atoms with Crippen molar-refractivity contribution in [3.8, 4) is 0 Å². The van der Waals surface area contributed by atoms with Crippen LogP contribution in [-0.2, 0) is 17.6 Å². The third kappa shape index (κ3) is 3.36. The lowest BCUT2D eigenvalue weighted by Gasteiger charge is -2.33. The zero-order valence-corrected chi connectivity index (χ0v) is 16.1. The average molecular weight is 378 g/mol. The number of hydrogen-bond acceptors (Lipinski definition) is 5. The summed E-state index contributed by atoms with van der Waals surface area (Å²) in [5, 5.41) is 1.34. The van der Waals surface area contributed by atoms with Crippen LogP contribution in [0.25, 0.3) is 10.2 Å². The zero-order chi connectivity index (χ0) is 17.4. The number of fused-ring (bicyclic) bond motifs is 3. The van der Waals surface area contributed by atoms with Crippen LogP contribution in [0.15, 0.2) is 9.95 Å². The van der Waals surface area contributed by atoms with E-state index < -0.39 is 0 Å². The lowest BCUT2D eigenvalue weighted by molar-refractivity contribution is -0.131. The number of H-pyrrole nitrogens is 1. The molecule has 0 radical (unpaired) electrons. The third-order valence-corrected chi connectivity index (χ3v) is 7.30. The van der Waals surface area contributed by atoms with Crippen molar-refractivity contribution in [2.45, 2.75) is 63.1 Å². The Morgan fingerprint density at radius 1 is 1.32 bits per heavy atom. The molecule has 1 N–H and O–H groups in total. The summed E-state index contributed by atoms with van der Waals surface area (Å²) < 4.78 is 0. The highest BCUT2D eigenvalue weighted by molar-refractivity contribution is 7.99. The number of amides is 1. The quantitative estimate of drug-likeness (QED) is 0.658. The number of thiophene rings is 1. The molecule has 134 valence electrons. The van der Waals surface area contributed by atoms with Gasteiger partial charge in [0.05, 0.1) is 11.1 Å². The highest BCUT2D eigenvalue weighted by Gasteiger charge is 2.24. The summed E-state index contributed by atoms with van der Waals surface area (Å²) in [5.74, 6) is 0.481. The molecular formula is C18H23N3O2S2. The van der Waals surface area contributed by atoms with E-state index in [1.807, 2.05) is 4.90 Å². The van der Waals surface area contributed by atoms with Crippen molar-refractivity contribution in [2.75, 3.05) is 12.3 Å². The van der Waals surface area contributed by atoms with E-state index in [0.29, 0.717) is 17.0 Å². The van der Waals surface area contributed by atoms with Gasteiger partial charge in [-0.05, 0) is 57.4 Å². The molecule has 1 atom stereocenters. The second-order valence-corrected chi connectivity index (χ2v) is 9.03. The summed E-state index contributed by atoms with van der Waals surface area (Å²) in [6.07, 6.45) is 7.76. The Bertz CT molecular complexity index is 858. The minimum atomic E-state index is -0.0503. The molecule has 0 bridgehead atoms. The zero-order valence-electron chi connectivity index (χ0n) is 14.5. The van der Waals surface area contributed by atoms with Gasteiger partial charge in [-0.3, -0.25) is 9.59 Å². The van der Waals surface area contributed by atoms with Gasteiger partial charge in [0.15, 0.2) is 5.16 Å². The van der Waals surface area contributed by atoms with Gasteiger partial charge < -0.3 is 9.88 Å². The van der Waals surface area contributed by atoms with E-state index in [0.717, 1.165) is 48.9 Å². The lowest BCUT2D eigenvalue weighted by Crippen LogP contribution is -2.43. The number of thioether (sulfide) groups is 1. The molecule has 1 amide bonds. The van der Waals surface area contributed by atoms with Gasteiger partial charge in [-0.2, -0.15) is 0 Å². The van der Waals surface area contributed by atoms with Gasteiger partial charge >= 0.3 is 0 Å². The molecule has 0 spiro atoms. The van der Waals surface area contributed by atoms with E-state index in [2.05, 4.69) is 16.9 Å².